The van der Waals surface area contributed by atoms with Crippen LogP contribution in [0.5, 0.6) is 0 Å². The van der Waals surface area contributed by atoms with E-state index in [1.54, 1.807) is 0 Å². The molecule has 0 aliphatic heterocycles. The molecule has 0 bridgehead atoms. The van der Waals surface area contributed by atoms with E-state index >= 15 is 0 Å². The summed E-state index contributed by atoms with van der Waals surface area (Å²) in [6, 6.07) is 8.57. The molecule has 5 heteroatoms. The predicted molar refractivity (Wildman–Crippen MR) is 90.7 cm³/mol. The largest absolute Gasteiger partial charge is 0.468 e. The molecule has 1 fully saturated rings. The number of thioether (sulfide) groups is 1. The maximum absolute atomic E-state index is 12.2. The Morgan fingerprint density at radius 3 is 2.90 bits per heavy atom. The van der Waals surface area contributed by atoms with Crippen LogP contribution in [0, 0.1) is 0 Å². The lowest BCUT2D eigenvalue weighted by molar-refractivity contribution is -0.148. The van der Waals surface area contributed by atoms with Gasteiger partial charge in [0.25, 0.3) is 0 Å². The summed E-state index contributed by atoms with van der Waals surface area (Å²) in [6.07, 6.45) is 2.67. The van der Waals surface area contributed by atoms with E-state index in [0.717, 1.165) is 23.7 Å². The van der Waals surface area contributed by atoms with E-state index in [2.05, 4.69) is 47.2 Å². The molecule has 2 rings (SSSR count). The highest BCUT2D eigenvalue weighted by molar-refractivity contribution is 9.10. The van der Waals surface area contributed by atoms with Crippen molar-refractivity contribution in [2.45, 2.75) is 54.8 Å². The van der Waals surface area contributed by atoms with Crippen LogP contribution < -0.4 is 5.32 Å². The number of halogens is 1. The Labute approximate surface area is 139 Å². The van der Waals surface area contributed by atoms with Crippen LogP contribution in [0.2, 0.25) is 0 Å². The van der Waals surface area contributed by atoms with Gasteiger partial charge in [0.05, 0.1) is 7.11 Å². The van der Waals surface area contributed by atoms with Crippen LogP contribution >= 0.6 is 27.7 Å². The van der Waals surface area contributed by atoms with Gasteiger partial charge < -0.3 is 4.74 Å². The molecule has 1 N–H and O–H groups in total. The molecule has 3 nitrogen and oxygen atoms in total. The van der Waals surface area contributed by atoms with Gasteiger partial charge >= 0.3 is 5.97 Å². The molecule has 2 unspecified atom stereocenters. The average molecular weight is 372 g/mol. The van der Waals surface area contributed by atoms with Crippen molar-refractivity contribution < 1.29 is 9.53 Å². The third-order valence-electron chi connectivity index (χ3n) is 3.71. The first kappa shape index (κ1) is 16.8. The molecule has 0 heterocycles. The van der Waals surface area contributed by atoms with E-state index in [1.165, 1.54) is 12.0 Å². The number of benzene rings is 1. The van der Waals surface area contributed by atoms with Crippen molar-refractivity contribution in [2.24, 2.45) is 0 Å². The van der Waals surface area contributed by atoms with Crippen molar-refractivity contribution >= 4 is 33.7 Å². The summed E-state index contributed by atoms with van der Waals surface area (Å²) in [5.41, 5.74) is -0.521. The summed E-state index contributed by atoms with van der Waals surface area (Å²) in [5, 5.41) is 3.87. The van der Waals surface area contributed by atoms with E-state index in [0.29, 0.717) is 5.25 Å². The zero-order chi connectivity index (χ0) is 15.5. The highest BCUT2D eigenvalue weighted by Gasteiger charge is 2.46. The third-order valence-corrected chi connectivity index (χ3v) is 5.46. The SMILES string of the molecule is COC(=O)C1(NC(C)C)CCC(Sc2cccc(Br)c2)C1. The molecule has 0 aromatic heterocycles. The summed E-state index contributed by atoms with van der Waals surface area (Å²) < 4.78 is 6.13. The normalized spacial score (nSPS) is 25.3. The molecule has 0 radical (unpaired) electrons. The lowest BCUT2D eigenvalue weighted by Crippen LogP contribution is -2.53. The quantitative estimate of drug-likeness (QED) is 0.793. The van der Waals surface area contributed by atoms with E-state index in [9.17, 15) is 4.79 Å². The fourth-order valence-electron chi connectivity index (χ4n) is 2.96. The standard InChI is InChI=1S/C16H22BrNO2S/c1-11(2)18-16(15(19)20-3)8-7-14(10-16)21-13-6-4-5-12(17)9-13/h4-6,9,11,14,18H,7-8,10H2,1-3H3. The molecule has 116 valence electrons. The highest BCUT2D eigenvalue weighted by atomic mass is 79.9. The Morgan fingerprint density at radius 1 is 1.52 bits per heavy atom. The van der Waals surface area contributed by atoms with Crippen molar-refractivity contribution in [3.8, 4) is 0 Å². The maximum Gasteiger partial charge on any atom is 0.326 e. The third kappa shape index (κ3) is 4.24. The van der Waals surface area contributed by atoms with Crippen molar-refractivity contribution in [3.05, 3.63) is 28.7 Å². The molecule has 0 spiro atoms. The number of carbonyl (C=O) groups is 1. The fraction of sp³-hybridized carbons (Fsp3) is 0.562. The number of esters is 1. The van der Waals surface area contributed by atoms with Gasteiger partial charge in [-0.3, -0.25) is 10.1 Å². The molecule has 1 saturated carbocycles. The summed E-state index contributed by atoms with van der Waals surface area (Å²) in [4.78, 5) is 13.5. The number of ether oxygens (including phenoxy) is 1. The molecular formula is C16H22BrNO2S. The first-order chi connectivity index (χ1) is 9.95. The maximum atomic E-state index is 12.2. The Balaban J connectivity index is 2.07. The monoisotopic (exact) mass is 371 g/mol. The Hall–Kier alpha value is -0.520. The van der Waals surface area contributed by atoms with Gasteiger partial charge in [-0.25, -0.2) is 0 Å². The molecule has 1 aromatic carbocycles. The van der Waals surface area contributed by atoms with Crippen LogP contribution in [0.25, 0.3) is 0 Å². The van der Waals surface area contributed by atoms with Crippen molar-refractivity contribution in [1.82, 2.24) is 5.32 Å². The molecule has 0 amide bonds. The van der Waals surface area contributed by atoms with Crippen LogP contribution in [0.15, 0.2) is 33.6 Å². The van der Waals surface area contributed by atoms with Gasteiger partial charge in [-0.2, -0.15) is 0 Å². The number of rotatable bonds is 5. The summed E-state index contributed by atoms with van der Waals surface area (Å²) in [7, 11) is 1.47. The van der Waals surface area contributed by atoms with Gasteiger partial charge in [-0.05, 0) is 51.3 Å². The first-order valence-electron chi connectivity index (χ1n) is 7.23. The Morgan fingerprint density at radius 2 is 2.29 bits per heavy atom. The Bertz CT molecular complexity index is 509. The fourth-order valence-corrected chi connectivity index (χ4v) is 4.85. The molecule has 0 saturated heterocycles. The minimum absolute atomic E-state index is 0.131. The van der Waals surface area contributed by atoms with Crippen LogP contribution in [0.4, 0.5) is 0 Å². The van der Waals surface area contributed by atoms with Gasteiger partial charge in [-0.1, -0.05) is 22.0 Å². The molecule has 21 heavy (non-hydrogen) atoms. The summed E-state index contributed by atoms with van der Waals surface area (Å²) in [6.45, 7) is 4.14. The second-order valence-corrected chi connectivity index (χ2v) is 8.10. The number of hydrogen-bond donors (Lipinski definition) is 1. The topological polar surface area (TPSA) is 38.3 Å². The molecular weight excluding hydrogens is 350 g/mol. The number of hydrogen-bond acceptors (Lipinski definition) is 4. The lowest BCUT2D eigenvalue weighted by Gasteiger charge is -2.30. The van der Waals surface area contributed by atoms with E-state index < -0.39 is 5.54 Å². The van der Waals surface area contributed by atoms with Gasteiger partial charge in [0.15, 0.2) is 0 Å². The van der Waals surface area contributed by atoms with Gasteiger partial charge in [-0.15, -0.1) is 11.8 Å². The second-order valence-electron chi connectivity index (χ2n) is 5.81. The van der Waals surface area contributed by atoms with Crippen molar-refractivity contribution in [2.75, 3.05) is 7.11 Å². The van der Waals surface area contributed by atoms with Crippen molar-refractivity contribution in [1.29, 1.82) is 0 Å². The zero-order valence-electron chi connectivity index (χ0n) is 12.7. The van der Waals surface area contributed by atoms with Crippen LogP contribution in [0.3, 0.4) is 0 Å². The number of nitrogens with one attached hydrogen (secondary N) is 1. The van der Waals surface area contributed by atoms with E-state index in [1.807, 2.05) is 23.9 Å². The van der Waals surface area contributed by atoms with Gasteiger partial charge in [0.1, 0.15) is 5.54 Å². The molecule has 1 aliphatic carbocycles. The van der Waals surface area contributed by atoms with E-state index in [4.69, 9.17) is 4.74 Å². The summed E-state index contributed by atoms with van der Waals surface area (Å²) in [5.74, 6) is -0.131. The molecule has 1 aromatic rings. The second kappa shape index (κ2) is 7.16. The Kier molecular flexibility index (Phi) is 5.74. The van der Waals surface area contributed by atoms with Gasteiger partial charge in [0, 0.05) is 20.7 Å². The van der Waals surface area contributed by atoms with Gasteiger partial charge in [0.2, 0.25) is 0 Å². The summed E-state index contributed by atoms with van der Waals surface area (Å²) >= 11 is 5.35. The smallest absolute Gasteiger partial charge is 0.326 e. The van der Waals surface area contributed by atoms with Crippen LogP contribution in [0.1, 0.15) is 33.1 Å². The average Bonchev–Trinajstić information content (AvgIpc) is 2.81. The number of carbonyl (C=O) groups excluding carboxylic acids is 1. The lowest BCUT2D eigenvalue weighted by atomic mass is 9.96. The molecule has 2 atom stereocenters. The highest BCUT2D eigenvalue weighted by Crippen LogP contribution is 2.41. The van der Waals surface area contributed by atoms with Crippen LogP contribution in [-0.4, -0.2) is 29.9 Å². The minimum atomic E-state index is -0.521. The number of methoxy groups -OCH3 is 1. The minimum Gasteiger partial charge on any atom is -0.468 e. The predicted octanol–water partition coefficient (Wildman–Crippen LogP) is 4.00. The van der Waals surface area contributed by atoms with Crippen LogP contribution in [-0.2, 0) is 9.53 Å². The van der Waals surface area contributed by atoms with E-state index in [-0.39, 0.29) is 12.0 Å². The zero-order valence-corrected chi connectivity index (χ0v) is 15.1. The first-order valence-corrected chi connectivity index (χ1v) is 8.91. The molecule has 1 aliphatic rings. The van der Waals surface area contributed by atoms with Crippen molar-refractivity contribution in [3.63, 3.8) is 0 Å².